The van der Waals surface area contributed by atoms with Gasteiger partial charge in [-0.15, -0.1) is 0 Å². The van der Waals surface area contributed by atoms with Crippen molar-refractivity contribution in [2.24, 2.45) is 18.4 Å². The highest BCUT2D eigenvalue weighted by atomic mass is 32.2. The number of aryl methyl sites for hydroxylation is 1. The summed E-state index contributed by atoms with van der Waals surface area (Å²) in [6.07, 6.45) is 4.38. The largest absolute Gasteiger partial charge is 0.384 e. The van der Waals surface area contributed by atoms with Gasteiger partial charge in [0.25, 0.3) is 10.0 Å². The lowest BCUT2D eigenvalue weighted by Crippen LogP contribution is -2.49. The van der Waals surface area contributed by atoms with Gasteiger partial charge in [-0.25, -0.2) is 8.42 Å². The molecule has 1 aromatic rings. The zero-order valence-electron chi connectivity index (χ0n) is 14.7. The Balaban J connectivity index is 1.65. The second-order valence-electron chi connectivity index (χ2n) is 7.33. The van der Waals surface area contributed by atoms with Crippen molar-refractivity contribution in [2.45, 2.75) is 37.3 Å². The Morgan fingerprint density at radius 3 is 2.58 bits per heavy atom. The van der Waals surface area contributed by atoms with Crippen molar-refractivity contribution >= 4 is 10.0 Å². The van der Waals surface area contributed by atoms with Gasteiger partial charge < -0.3 is 10.1 Å². The van der Waals surface area contributed by atoms with E-state index in [1.54, 1.807) is 24.5 Å². The van der Waals surface area contributed by atoms with E-state index < -0.39 is 10.0 Å². The zero-order valence-corrected chi connectivity index (χ0v) is 15.6. The molecule has 136 valence electrons. The van der Waals surface area contributed by atoms with Crippen LogP contribution in [0.15, 0.2) is 17.3 Å². The van der Waals surface area contributed by atoms with Crippen LogP contribution >= 0.6 is 0 Å². The van der Waals surface area contributed by atoms with Crippen molar-refractivity contribution in [1.82, 2.24) is 19.4 Å². The molecule has 3 rings (SSSR count). The van der Waals surface area contributed by atoms with Crippen LogP contribution in [-0.2, 0) is 21.8 Å². The molecule has 0 bridgehead atoms. The van der Waals surface area contributed by atoms with Crippen molar-refractivity contribution in [1.29, 1.82) is 0 Å². The monoisotopic (exact) mass is 356 g/mol. The van der Waals surface area contributed by atoms with Gasteiger partial charge in [0.15, 0.2) is 5.03 Å². The molecule has 7 nitrogen and oxygen atoms in total. The van der Waals surface area contributed by atoms with E-state index in [9.17, 15) is 8.42 Å². The Morgan fingerprint density at radius 1 is 1.42 bits per heavy atom. The third-order valence-electron chi connectivity index (χ3n) is 5.46. The second-order valence-corrected chi connectivity index (χ2v) is 9.22. The van der Waals surface area contributed by atoms with Gasteiger partial charge in [0.1, 0.15) is 0 Å². The molecule has 1 aromatic heterocycles. The van der Waals surface area contributed by atoms with Crippen LogP contribution in [0.3, 0.4) is 0 Å². The first-order valence-electron chi connectivity index (χ1n) is 8.58. The highest BCUT2D eigenvalue weighted by Crippen LogP contribution is 2.36. The molecular weight excluding hydrogens is 328 g/mol. The highest BCUT2D eigenvalue weighted by molar-refractivity contribution is 7.89. The molecule has 1 saturated heterocycles. The van der Waals surface area contributed by atoms with Crippen LogP contribution in [0, 0.1) is 11.3 Å². The van der Waals surface area contributed by atoms with Crippen LogP contribution in [0.5, 0.6) is 0 Å². The van der Waals surface area contributed by atoms with Gasteiger partial charge in [-0.3, -0.25) is 4.68 Å². The number of hydrogen-bond donors (Lipinski definition) is 1. The van der Waals surface area contributed by atoms with E-state index in [1.807, 2.05) is 0 Å². The molecule has 0 radical (unpaired) electrons. The molecule has 0 unspecified atom stereocenters. The van der Waals surface area contributed by atoms with Crippen LogP contribution in [0.25, 0.3) is 0 Å². The summed E-state index contributed by atoms with van der Waals surface area (Å²) in [6.45, 7) is 4.87. The van der Waals surface area contributed by atoms with Gasteiger partial charge in [0.2, 0.25) is 0 Å². The van der Waals surface area contributed by atoms with Crippen LogP contribution in [0.2, 0.25) is 0 Å². The van der Waals surface area contributed by atoms with Crippen molar-refractivity contribution in [3.05, 3.63) is 12.3 Å². The average molecular weight is 356 g/mol. The molecule has 2 heterocycles. The number of aromatic nitrogens is 2. The molecule has 0 amide bonds. The van der Waals surface area contributed by atoms with Gasteiger partial charge >= 0.3 is 0 Å². The molecule has 2 fully saturated rings. The van der Waals surface area contributed by atoms with E-state index in [0.29, 0.717) is 25.7 Å². The summed E-state index contributed by atoms with van der Waals surface area (Å²) in [5, 5.41) is 7.87. The van der Waals surface area contributed by atoms with Crippen molar-refractivity contribution in [3.63, 3.8) is 0 Å². The number of nitrogens with one attached hydrogen (secondary N) is 1. The van der Waals surface area contributed by atoms with E-state index >= 15 is 0 Å². The number of rotatable bonds is 7. The fourth-order valence-corrected chi connectivity index (χ4v) is 5.12. The molecule has 2 atom stereocenters. The summed E-state index contributed by atoms with van der Waals surface area (Å²) >= 11 is 0. The molecule has 24 heavy (non-hydrogen) atoms. The average Bonchev–Trinajstić information content (AvgIpc) is 3.07. The molecular formula is C16H28N4O3S. The molecule has 1 aliphatic heterocycles. The minimum Gasteiger partial charge on any atom is -0.384 e. The van der Waals surface area contributed by atoms with E-state index in [2.05, 4.69) is 17.3 Å². The van der Waals surface area contributed by atoms with Crippen LogP contribution in [0.4, 0.5) is 0 Å². The summed E-state index contributed by atoms with van der Waals surface area (Å²) in [4.78, 5) is 0. The fraction of sp³-hybridized carbons (Fsp3) is 0.812. The summed E-state index contributed by atoms with van der Waals surface area (Å²) in [6, 6.07) is 2.18. The summed E-state index contributed by atoms with van der Waals surface area (Å²) < 4.78 is 34.0. The fourth-order valence-electron chi connectivity index (χ4n) is 3.58. The Labute approximate surface area is 144 Å². The number of ether oxygens (including phenoxy) is 1. The molecule has 0 aromatic carbocycles. The van der Waals surface area contributed by atoms with E-state index in [0.717, 1.165) is 25.3 Å². The minimum absolute atomic E-state index is 0.0234. The Morgan fingerprint density at radius 2 is 2.08 bits per heavy atom. The van der Waals surface area contributed by atoms with Crippen LogP contribution in [-0.4, -0.2) is 61.9 Å². The molecule has 1 N–H and O–H groups in total. The first-order chi connectivity index (χ1) is 11.4. The highest BCUT2D eigenvalue weighted by Gasteiger charge is 2.41. The summed E-state index contributed by atoms with van der Waals surface area (Å²) in [7, 11) is -0.0877. The number of nitrogens with zero attached hydrogens (tertiary/aromatic N) is 3. The van der Waals surface area contributed by atoms with E-state index in [-0.39, 0.29) is 10.4 Å². The van der Waals surface area contributed by atoms with Crippen LogP contribution in [0.1, 0.15) is 26.2 Å². The van der Waals surface area contributed by atoms with Crippen molar-refractivity contribution in [2.75, 3.05) is 33.4 Å². The lowest BCUT2D eigenvalue weighted by atomic mass is 9.79. The summed E-state index contributed by atoms with van der Waals surface area (Å²) in [5.41, 5.74) is 0.0234. The minimum atomic E-state index is -3.47. The lowest BCUT2D eigenvalue weighted by Gasteiger charge is -2.41. The number of piperidine rings is 1. The molecule has 2 aliphatic rings. The number of methoxy groups -OCH3 is 1. The predicted octanol–water partition coefficient (Wildman–Crippen LogP) is 0.835. The predicted molar refractivity (Wildman–Crippen MR) is 91.1 cm³/mol. The third-order valence-corrected chi connectivity index (χ3v) is 7.44. The molecule has 0 spiro atoms. The lowest BCUT2D eigenvalue weighted by molar-refractivity contribution is 0.0385. The SMILES string of the molecule is COCC1(CN[C@@H]2C[C@H]2C)CCN(S(=O)(=O)c2ccnn2C)CC1. The Kier molecular flexibility index (Phi) is 5.01. The van der Waals surface area contributed by atoms with Crippen LogP contribution < -0.4 is 5.32 Å². The van der Waals surface area contributed by atoms with Crippen molar-refractivity contribution in [3.8, 4) is 0 Å². The smallest absolute Gasteiger partial charge is 0.260 e. The van der Waals surface area contributed by atoms with E-state index in [4.69, 9.17) is 4.74 Å². The first-order valence-corrected chi connectivity index (χ1v) is 10.0. The molecule has 1 aliphatic carbocycles. The molecule has 1 saturated carbocycles. The van der Waals surface area contributed by atoms with Gasteiger partial charge in [-0.05, 0) is 31.2 Å². The Bertz CT molecular complexity index is 665. The second kappa shape index (κ2) is 6.74. The third kappa shape index (κ3) is 3.51. The van der Waals surface area contributed by atoms with Crippen molar-refractivity contribution < 1.29 is 13.2 Å². The summed E-state index contributed by atoms with van der Waals surface area (Å²) in [5.74, 6) is 0.759. The molecule has 8 heteroatoms. The van der Waals surface area contributed by atoms with Gasteiger partial charge in [-0.1, -0.05) is 6.92 Å². The Hall–Kier alpha value is -0.960. The topological polar surface area (TPSA) is 76.5 Å². The maximum Gasteiger partial charge on any atom is 0.260 e. The van der Waals surface area contributed by atoms with Gasteiger partial charge in [-0.2, -0.15) is 9.40 Å². The zero-order chi connectivity index (χ0) is 17.4. The number of hydrogen-bond acceptors (Lipinski definition) is 5. The maximum atomic E-state index is 12.8. The van der Waals surface area contributed by atoms with Gasteiger partial charge in [0.05, 0.1) is 12.8 Å². The first kappa shape index (κ1) is 17.8. The van der Waals surface area contributed by atoms with E-state index in [1.165, 1.54) is 17.3 Å². The number of sulfonamides is 1. The van der Waals surface area contributed by atoms with Gasteiger partial charge in [0, 0.05) is 45.2 Å². The standard InChI is InChI=1S/C16H28N4O3S/c1-13-10-14(13)17-11-16(12-23-3)5-8-20(9-6-16)24(21,22)15-4-7-18-19(15)2/h4,7,13-14,17H,5-6,8-12H2,1-3H3/t13-,14-/m1/s1. The quantitative estimate of drug-likeness (QED) is 0.783. The maximum absolute atomic E-state index is 12.8. The normalized spacial score (nSPS) is 27.3.